The normalized spacial score (nSPS) is 16.1. The third-order valence-electron chi connectivity index (χ3n) is 5.24. The molecule has 6 heteroatoms. The molecule has 1 fully saturated rings. The van der Waals surface area contributed by atoms with Crippen molar-refractivity contribution in [3.8, 4) is 5.75 Å². The number of nitrogens with one attached hydrogen (secondary N) is 1. The van der Waals surface area contributed by atoms with E-state index in [9.17, 15) is 9.90 Å². The Labute approximate surface area is 157 Å². The van der Waals surface area contributed by atoms with Gasteiger partial charge in [0.2, 0.25) is 0 Å². The van der Waals surface area contributed by atoms with Gasteiger partial charge in [0.1, 0.15) is 17.7 Å². The lowest BCUT2D eigenvalue weighted by Crippen LogP contribution is -2.43. The first-order valence-corrected chi connectivity index (χ1v) is 9.19. The van der Waals surface area contributed by atoms with Crippen molar-refractivity contribution in [1.82, 2.24) is 9.66 Å². The molecule has 3 aromatic rings. The average Bonchev–Trinajstić information content (AvgIpc) is 3.50. The summed E-state index contributed by atoms with van der Waals surface area (Å²) in [6.07, 6.45) is 1.33. The van der Waals surface area contributed by atoms with E-state index in [4.69, 9.17) is 4.74 Å². The lowest BCUT2D eigenvalue weighted by atomic mass is 10.00. The van der Waals surface area contributed by atoms with Crippen molar-refractivity contribution in [3.63, 3.8) is 0 Å². The molecule has 1 unspecified atom stereocenters. The molecule has 4 rings (SSSR count). The minimum atomic E-state index is -0.795. The number of aliphatic hydroxyl groups is 1. The molecule has 6 nitrogen and oxygen atoms in total. The molecule has 2 aromatic carbocycles. The standard InChI is InChI=1S/C21H23N3O3/c1-3-18-22-16-10-6-4-8-14(16)20(26)24(18)23-21(12-13-21)19(25)15-9-5-7-11-17(15)27-2/h4-11,19,23,25H,3,12-13H2,1-2H3. The Balaban J connectivity index is 1.75. The lowest BCUT2D eigenvalue weighted by molar-refractivity contribution is 0.135. The highest BCUT2D eigenvalue weighted by atomic mass is 16.5. The molecule has 0 saturated heterocycles. The first kappa shape index (κ1) is 17.5. The Kier molecular flexibility index (Phi) is 4.36. The van der Waals surface area contributed by atoms with Gasteiger partial charge >= 0.3 is 0 Å². The Bertz CT molecular complexity index is 1040. The fourth-order valence-corrected chi connectivity index (χ4v) is 3.52. The van der Waals surface area contributed by atoms with Gasteiger partial charge in [0.15, 0.2) is 0 Å². The fourth-order valence-electron chi connectivity index (χ4n) is 3.52. The molecule has 27 heavy (non-hydrogen) atoms. The summed E-state index contributed by atoms with van der Waals surface area (Å²) in [7, 11) is 1.59. The van der Waals surface area contributed by atoms with Crippen LogP contribution in [-0.4, -0.2) is 27.4 Å². The summed E-state index contributed by atoms with van der Waals surface area (Å²) >= 11 is 0. The molecule has 1 atom stereocenters. The average molecular weight is 365 g/mol. The van der Waals surface area contributed by atoms with E-state index in [1.54, 1.807) is 13.2 Å². The van der Waals surface area contributed by atoms with Gasteiger partial charge in [0.25, 0.3) is 5.56 Å². The molecule has 0 aliphatic heterocycles. The topological polar surface area (TPSA) is 76.4 Å². The minimum absolute atomic E-state index is 0.143. The van der Waals surface area contributed by atoms with E-state index in [0.717, 1.165) is 12.8 Å². The number of aliphatic hydroxyl groups excluding tert-OH is 1. The van der Waals surface area contributed by atoms with E-state index in [2.05, 4.69) is 10.4 Å². The van der Waals surface area contributed by atoms with E-state index < -0.39 is 11.6 Å². The lowest BCUT2D eigenvalue weighted by Gasteiger charge is -2.28. The van der Waals surface area contributed by atoms with Crippen LogP contribution in [0, 0.1) is 0 Å². The number of rotatable bonds is 6. The molecule has 1 aromatic heterocycles. The van der Waals surface area contributed by atoms with Crippen molar-refractivity contribution in [1.29, 1.82) is 0 Å². The Hall–Kier alpha value is -2.86. The van der Waals surface area contributed by atoms with E-state index >= 15 is 0 Å². The number of fused-ring (bicyclic) bond motifs is 1. The maximum Gasteiger partial charge on any atom is 0.279 e. The second kappa shape index (κ2) is 6.70. The van der Waals surface area contributed by atoms with E-state index in [0.29, 0.717) is 34.5 Å². The summed E-state index contributed by atoms with van der Waals surface area (Å²) in [5.41, 5.74) is 3.95. The minimum Gasteiger partial charge on any atom is -0.496 e. The van der Waals surface area contributed by atoms with Crippen LogP contribution in [0.15, 0.2) is 53.3 Å². The number of ether oxygens (including phenoxy) is 1. The molecular formula is C21H23N3O3. The zero-order valence-electron chi connectivity index (χ0n) is 15.5. The van der Waals surface area contributed by atoms with Crippen LogP contribution >= 0.6 is 0 Å². The van der Waals surface area contributed by atoms with Crippen LogP contribution in [0.2, 0.25) is 0 Å². The maximum absolute atomic E-state index is 13.1. The molecule has 1 heterocycles. The van der Waals surface area contributed by atoms with Crippen LogP contribution < -0.4 is 15.7 Å². The Morgan fingerprint density at radius 1 is 1.22 bits per heavy atom. The van der Waals surface area contributed by atoms with E-state index in [1.165, 1.54) is 4.68 Å². The molecule has 0 amide bonds. The first-order chi connectivity index (χ1) is 13.1. The highest BCUT2D eigenvalue weighted by Crippen LogP contribution is 2.48. The monoisotopic (exact) mass is 365 g/mol. The van der Waals surface area contributed by atoms with Crippen LogP contribution in [-0.2, 0) is 6.42 Å². The van der Waals surface area contributed by atoms with Crippen LogP contribution in [0.5, 0.6) is 5.75 Å². The number of para-hydroxylation sites is 2. The van der Waals surface area contributed by atoms with Gasteiger partial charge in [0, 0.05) is 12.0 Å². The van der Waals surface area contributed by atoms with Gasteiger partial charge in [-0.2, -0.15) is 0 Å². The van der Waals surface area contributed by atoms with Crippen LogP contribution in [0.25, 0.3) is 10.9 Å². The molecule has 1 aliphatic carbocycles. The molecule has 1 aliphatic rings. The Morgan fingerprint density at radius 2 is 1.93 bits per heavy atom. The van der Waals surface area contributed by atoms with Gasteiger partial charge < -0.3 is 15.3 Å². The van der Waals surface area contributed by atoms with Crippen LogP contribution in [0.1, 0.15) is 37.3 Å². The molecular weight excluding hydrogens is 342 g/mol. The van der Waals surface area contributed by atoms with Crippen LogP contribution in [0.4, 0.5) is 0 Å². The first-order valence-electron chi connectivity index (χ1n) is 9.19. The summed E-state index contributed by atoms with van der Waals surface area (Å²) in [4.78, 5) is 17.7. The van der Waals surface area contributed by atoms with E-state index in [1.807, 2.05) is 49.4 Å². The largest absolute Gasteiger partial charge is 0.496 e. The summed E-state index contributed by atoms with van der Waals surface area (Å²) in [6.45, 7) is 1.96. The van der Waals surface area contributed by atoms with Crippen molar-refractivity contribution in [2.24, 2.45) is 0 Å². The second-order valence-electron chi connectivity index (χ2n) is 6.95. The SMILES string of the molecule is CCc1nc2ccccc2c(=O)n1NC1(C(O)c2ccccc2OC)CC1. The highest BCUT2D eigenvalue weighted by molar-refractivity contribution is 5.77. The number of methoxy groups -OCH3 is 1. The van der Waals surface area contributed by atoms with Crippen LogP contribution in [0.3, 0.4) is 0 Å². The van der Waals surface area contributed by atoms with Crippen molar-refractivity contribution in [2.75, 3.05) is 12.5 Å². The number of benzene rings is 2. The smallest absolute Gasteiger partial charge is 0.279 e. The number of hydrogen-bond acceptors (Lipinski definition) is 5. The van der Waals surface area contributed by atoms with Gasteiger partial charge in [-0.3, -0.25) is 4.79 Å². The number of nitrogens with zero attached hydrogens (tertiary/aromatic N) is 2. The summed E-state index contributed by atoms with van der Waals surface area (Å²) in [5, 5.41) is 11.6. The Morgan fingerprint density at radius 3 is 2.63 bits per heavy atom. The third kappa shape index (κ3) is 2.96. The van der Waals surface area contributed by atoms with Gasteiger partial charge in [-0.15, -0.1) is 0 Å². The molecule has 2 N–H and O–H groups in total. The summed E-state index contributed by atoms with van der Waals surface area (Å²) in [5.74, 6) is 1.29. The second-order valence-corrected chi connectivity index (χ2v) is 6.95. The zero-order valence-corrected chi connectivity index (χ0v) is 15.5. The molecule has 140 valence electrons. The van der Waals surface area contributed by atoms with Gasteiger partial charge in [-0.05, 0) is 31.0 Å². The molecule has 1 saturated carbocycles. The fraction of sp³-hybridized carbons (Fsp3) is 0.333. The van der Waals surface area contributed by atoms with Crippen molar-refractivity contribution in [2.45, 2.75) is 37.8 Å². The molecule has 0 bridgehead atoms. The highest BCUT2D eigenvalue weighted by Gasteiger charge is 2.51. The molecule has 0 spiro atoms. The summed E-state index contributed by atoms with van der Waals surface area (Å²) in [6, 6.07) is 14.8. The third-order valence-corrected chi connectivity index (χ3v) is 5.24. The van der Waals surface area contributed by atoms with E-state index in [-0.39, 0.29) is 5.56 Å². The van der Waals surface area contributed by atoms with Crippen molar-refractivity contribution >= 4 is 10.9 Å². The van der Waals surface area contributed by atoms with Gasteiger partial charge in [0.05, 0.1) is 23.6 Å². The van der Waals surface area contributed by atoms with Gasteiger partial charge in [-0.1, -0.05) is 37.3 Å². The van der Waals surface area contributed by atoms with Crippen molar-refractivity contribution in [3.05, 3.63) is 70.3 Å². The number of aromatic nitrogens is 2. The quantitative estimate of drug-likeness (QED) is 0.702. The predicted molar refractivity (Wildman–Crippen MR) is 105 cm³/mol. The molecule has 0 radical (unpaired) electrons. The number of aryl methyl sites for hydroxylation is 1. The zero-order chi connectivity index (χ0) is 19.0. The van der Waals surface area contributed by atoms with Gasteiger partial charge in [-0.25, -0.2) is 9.66 Å². The number of hydrogen-bond donors (Lipinski definition) is 2. The summed E-state index contributed by atoms with van der Waals surface area (Å²) < 4.78 is 6.91. The van der Waals surface area contributed by atoms with Crippen molar-refractivity contribution < 1.29 is 9.84 Å². The maximum atomic E-state index is 13.1. The predicted octanol–water partition coefficient (Wildman–Crippen LogP) is 2.78.